The summed E-state index contributed by atoms with van der Waals surface area (Å²) in [4.78, 5) is 25.6. The molecule has 3 atom stereocenters. The van der Waals surface area contributed by atoms with Crippen molar-refractivity contribution in [3.63, 3.8) is 0 Å². The van der Waals surface area contributed by atoms with Crippen LogP contribution in [0.5, 0.6) is 0 Å². The van der Waals surface area contributed by atoms with E-state index in [0.717, 1.165) is 77.0 Å². The molecule has 0 aromatic carbocycles. The van der Waals surface area contributed by atoms with E-state index in [1.54, 1.807) is 0 Å². The van der Waals surface area contributed by atoms with Crippen molar-refractivity contribution >= 4 is 13.7 Å². The summed E-state index contributed by atoms with van der Waals surface area (Å²) in [5.74, 6) is -0.161. The molecule has 3 unspecified atom stereocenters. The molecule has 0 aliphatic carbocycles. The first-order valence-corrected chi connectivity index (χ1v) is 34.2. The maximum absolute atomic E-state index is 13.0. The van der Waals surface area contributed by atoms with Crippen molar-refractivity contribution in [1.29, 1.82) is 0 Å². The second-order valence-electron chi connectivity index (χ2n) is 23.4. The fourth-order valence-corrected chi connectivity index (χ4v) is 10.4. The van der Waals surface area contributed by atoms with Gasteiger partial charge in [-0.05, 0) is 64.2 Å². The van der Waals surface area contributed by atoms with Crippen molar-refractivity contribution < 1.29 is 32.9 Å². The third-order valence-corrected chi connectivity index (χ3v) is 15.7. The number of hydrogen-bond acceptors (Lipinski definition) is 6. The highest BCUT2D eigenvalue weighted by Crippen LogP contribution is 2.38. The zero-order chi connectivity index (χ0) is 56.3. The smallest absolute Gasteiger partial charge is 0.268 e. The van der Waals surface area contributed by atoms with Crippen LogP contribution in [0, 0.1) is 0 Å². The Bertz CT molecular complexity index is 1480. The predicted octanol–water partition coefficient (Wildman–Crippen LogP) is 20.0. The number of aliphatic hydroxyl groups is 1. The van der Waals surface area contributed by atoms with Crippen molar-refractivity contribution in [2.45, 2.75) is 315 Å². The Morgan fingerprint density at radius 2 is 0.792 bits per heavy atom. The van der Waals surface area contributed by atoms with Crippen LogP contribution in [0.25, 0.3) is 0 Å². The minimum Gasteiger partial charge on any atom is -0.756 e. The maximum Gasteiger partial charge on any atom is 0.268 e. The Balaban J connectivity index is 3.94. The van der Waals surface area contributed by atoms with Crippen LogP contribution in [-0.2, 0) is 18.4 Å². The number of carbonyl (C=O) groups is 1. The topological polar surface area (TPSA) is 108 Å². The molecule has 0 rings (SSSR count). The standard InChI is InChI=1S/C68H127N2O6P/c1-6-8-10-12-14-16-18-20-22-24-25-26-27-28-29-30-31-32-33-34-35-36-37-38-39-40-41-42-43-44-45-46-48-50-52-54-56-58-60-62-68(72)69-66(65-76-77(73,74)75-64-63-70(3,4)5)67(71)61-59-57-55-53-51-49-47-23-21-19-17-15-13-11-9-7-2/h8,10,14,16,20,22,25-26,28-29,31-32,66-67,71H,6-7,9,11-13,15,17-19,21,23-24,27,30,33-65H2,1-5H3,(H-,69,72,73,74)/b10-8-,16-14-,22-20-,26-25-,29-28-,32-31-. The Morgan fingerprint density at radius 3 is 1.16 bits per heavy atom. The fourth-order valence-electron chi connectivity index (χ4n) is 9.64. The summed E-state index contributed by atoms with van der Waals surface area (Å²) < 4.78 is 23.5. The SMILES string of the molecule is CC/C=C\C/C=C\C/C=C\C/C=C\C/C=C\C/C=C\CCCCCCCCCCCCCCCCCCCCCCC(=O)NC(COP(=O)([O-])OCC[N+](C)(C)C)C(O)CCCCCCCCCCCCCCCCCC. The Hall–Kier alpha value is -2.06. The molecule has 2 N–H and O–H groups in total. The lowest BCUT2D eigenvalue weighted by atomic mass is 10.0. The van der Waals surface area contributed by atoms with Crippen LogP contribution in [0.3, 0.4) is 0 Å². The molecule has 0 saturated heterocycles. The largest absolute Gasteiger partial charge is 0.756 e. The van der Waals surface area contributed by atoms with Gasteiger partial charge in [-0.3, -0.25) is 9.36 Å². The fraction of sp³-hybridized carbons (Fsp3) is 0.809. The number of phosphoric ester groups is 1. The van der Waals surface area contributed by atoms with E-state index in [-0.39, 0.29) is 19.1 Å². The number of likely N-dealkylation sites (N-methyl/N-ethyl adjacent to an activating group) is 1. The van der Waals surface area contributed by atoms with Gasteiger partial charge in [0, 0.05) is 6.42 Å². The van der Waals surface area contributed by atoms with E-state index in [9.17, 15) is 19.4 Å². The first kappa shape index (κ1) is 74.9. The molecular weight excluding hydrogens is 972 g/mol. The van der Waals surface area contributed by atoms with Crippen molar-refractivity contribution in [3.8, 4) is 0 Å². The molecule has 0 aliphatic rings. The molecule has 0 saturated carbocycles. The predicted molar refractivity (Wildman–Crippen MR) is 334 cm³/mol. The number of hydrogen-bond donors (Lipinski definition) is 2. The van der Waals surface area contributed by atoms with Crippen LogP contribution >= 0.6 is 7.82 Å². The van der Waals surface area contributed by atoms with Gasteiger partial charge in [-0.1, -0.05) is 305 Å². The molecule has 0 aromatic heterocycles. The number of rotatable bonds is 60. The van der Waals surface area contributed by atoms with Crippen LogP contribution < -0.4 is 10.2 Å². The molecule has 1 amide bonds. The van der Waals surface area contributed by atoms with Crippen LogP contribution in [-0.4, -0.2) is 68.5 Å². The Labute approximate surface area is 478 Å². The average Bonchev–Trinajstić information content (AvgIpc) is 3.39. The Morgan fingerprint density at radius 1 is 0.468 bits per heavy atom. The Kier molecular flexibility index (Phi) is 57.0. The van der Waals surface area contributed by atoms with E-state index in [0.29, 0.717) is 23.9 Å². The number of allylic oxidation sites excluding steroid dienone is 12. The van der Waals surface area contributed by atoms with Gasteiger partial charge in [0.15, 0.2) is 0 Å². The zero-order valence-corrected chi connectivity index (χ0v) is 52.3. The second kappa shape index (κ2) is 58.6. The molecule has 0 spiro atoms. The van der Waals surface area contributed by atoms with Gasteiger partial charge in [-0.2, -0.15) is 0 Å². The maximum atomic E-state index is 13.0. The molecule has 0 fully saturated rings. The minimum atomic E-state index is -4.57. The summed E-state index contributed by atoms with van der Waals surface area (Å²) in [5.41, 5.74) is 0. The molecular formula is C68H127N2O6P. The van der Waals surface area contributed by atoms with Crippen LogP contribution in [0.4, 0.5) is 0 Å². The van der Waals surface area contributed by atoms with Gasteiger partial charge in [-0.25, -0.2) is 0 Å². The summed E-state index contributed by atoms with van der Waals surface area (Å²) >= 11 is 0. The summed E-state index contributed by atoms with van der Waals surface area (Å²) in [7, 11) is 1.31. The monoisotopic (exact) mass is 1100 g/mol. The molecule has 0 bridgehead atoms. The lowest BCUT2D eigenvalue weighted by Gasteiger charge is -2.30. The van der Waals surface area contributed by atoms with Gasteiger partial charge in [0.25, 0.3) is 7.82 Å². The van der Waals surface area contributed by atoms with E-state index in [4.69, 9.17) is 9.05 Å². The van der Waals surface area contributed by atoms with Gasteiger partial charge in [0.1, 0.15) is 13.2 Å². The highest BCUT2D eigenvalue weighted by molar-refractivity contribution is 7.45. The second-order valence-corrected chi connectivity index (χ2v) is 24.9. The molecule has 8 nitrogen and oxygen atoms in total. The van der Waals surface area contributed by atoms with Crippen LogP contribution in [0.15, 0.2) is 72.9 Å². The normalized spacial score (nSPS) is 14.2. The summed E-state index contributed by atoms with van der Waals surface area (Å²) in [6.07, 6.45) is 81.1. The number of carbonyl (C=O) groups excluding carboxylic acids is 1. The van der Waals surface area contributed by atoms with Crippen molar-refractivity contribution in [2.24, 2.45) is 0 Å². The lowest BCUT2D eigenvalue weighted by Crippen LogP contribution is -2.46. The highest BCUT2D eigenvalue weighted by Gasteiger charge is 2.24. The van der Waals surface area contributed by atoms with E-state index >= 15 is 0 Å². The van der Waals surface area contributed by atoms with E-state index in [2.05, 4.69) is 92.1 Å². The third-order valence-electron chi connectivity index (χ3n) is 14.7. The first-order valence-electron chi connectivity index (χ1n) is 32.8. The number of nitrogens with one attached hydrogen (secondary N) is 1. The minimum absolute atomic E-state index is 0.0125. The number of nitrogens with zero attached hydrogens (tertiary/aromatic N) is 1. The molecule has 9 heteroatoms. The third kappa shape index (κ3) is 61.4. The van der Waals surface area contributed by atoms with Crippen LogP contribution in [0.2, 0.25) is 0 Å². The van der Waals surface area contributed by atoms with E-state index in [1.165, 1.54) is 199 Å². The number of unbranched alkanes of at least 4 members (excludes halogenated alkanes) is 35. The van der Waals surface area contributed by atoms with Gasteiger partial charge in [-0.15, -0.1) is 0 Å². The molecule has 0 heterocycles. The molecule has 0 aromatic rings. The molecule has 77 heavy (non-hydrogen) atoms. The van der Waals surface area contributed by atoms with Gasteiger partial charge >= 0.3 is 0 Å². The number of aliphatic hydroxyl groups excluding tert-OH is 1. The summed E-state index contributed by atoms with van der Waals surface area (Å²) in [6, 6.07) is -0.801. The van der Waals surface area contributed by atoms with E-state index < -0.39 is 20.0 Å². The number of amides is 1. The lowest BCUT2D eigenvalue weighted by molar-refractivity contribution is -0.870. The molecule has 0 aliphatic heterocycles. The first-order chi connectivity index (χ1) is 37.5. The van der Waals surface area contributed by atoms with Gasteiger partial charge in [0.2, 0.25) is 5.91 Å². The van der Waals surface area contributed by atoms with Crippen molar-refractivity contribution in [2.75, 3.05) is 40.9 Å². The number of phosphoric acid groups is 1. The van der Waals surface area contributed by atoms with E-state index in [1.807, 2.05) is 21.1 Å². The van der Waals surface area contributed by atoms with Gasteiger partial charge < -0.3 is 28.8 Å². The number of quaternary nitrogens is 1. The van der Waals surface area contributed by atoms with Crippen molar-refractivity contribution in [1.82, 2.24) is 5.32 Å². The summed E-state index contributed by atoms with van der Waals surface area (Å²) in [5, 5.41) is 14.0. The highest BCUT2D eigenvalue weighted by atomic mass is 31.2. The molecule has 0 radical (unpaired) electrons. The molecule has 450 valence electrons. The van der Waals surface area contributed by atoms with Crippen LogP contribution in [0.1, 0.15) is 303 Å². The average molecular weight is 1100 g/mol. The van der Waals surface area contributed by atoms with Crippen molar-refractivity contribution in [3.05, 3.63) is 72.9 Å². The zero-order valence-electron chi connectivity index (χ0n) is 51.4. The summed E-state index contributed by atoms with van der Waals surface area (Å²) in [6.45, 7) is 4.64. The van der Waals surface area contributed by atoms with Gasteiger partial charge in [0.05, 0.1) is 39.9 Å². The quantitative estimate of drug-likeness (QED) is 0.0272.